The highest BCUT2D eigenvalue weighted by molar-refractivity contribution is 5.73. The molecule has 0 aliphatic carbocycles. The SMILES string of the molecule is CC(=O)N1CCC(C(C)(C)C#N)CC1. The lowest BCUT2D eigenvalue weighted by Crippen LogP contribution is -2.40. The Morgan fingerprint density at radius 2 is 1.93 bits per heavy atom. The van der Waals surface area contributed by atoms with Crippen LogP contribution >= 0.6 is 0 Å². The minimum atomic E-state index is -0.247. The van der Waals surface area contributed by atoms with Crippen molar-refractivity contribution in [2.24, 2.45) is 11.3 Å². The number of piperidine rings is 1. The maximum Gasteiger partial charge on any atom is 0.219 e. The number of nitriles is 1. The second kappa shape index (κ2) is 4.00. The van der Waals surface area contributed by atoms with Crippen LogP contribution in [0.3, 0.4) is 0 Å². The third kappa shape index (κ3) is 2.25. The number of rotatable bonds is 1. The van der Waals surface area contributed by atoms with Gasteiger partial charge in [0.25, 0.3) is 0 Å². The molecule has 1 aliphatic heterocycles. The van der Waals surface area contributed by atoms with Crippen LogP contribution in [0.2, 0.25) is 0 Å². The van der Waals surface area contributed by atoms with Gasteiger partial charge >= 0.3 is 0 Å². The van der Waals surface area contributed by atoms with Crippen LogP contribution in [0.5, 0.6) is 0 Å². The Morgan fingerprint density at radius 1 is 1.43 bits per heavy atom. The number of hydrogen-bond acceptors (Lipinski definition) is 2. The van der Waals surface area contributed by atoms with E-state index < -0.39 is 0 Å². The molecule has 3 heteroatoms. The third-order valence-corrected chi connectivity index (χ3v) is 3.25. The summed E-state index contributed by atoms with van der Waals surface area (Å²) in [5, 5.41) is 8.99. The molecule has 0 aromatic carbocycles. The second-order valence-electron chi connectivity index (χ2n) is 4.61. The van der Waals surface area contributed by atoms with Gasteiger partial charge in [0, 0.05) is 20.0 Å². The molecule has 0 unspecified atom stereocenters. The van der Waals surface area contributed by atoms with Crippen LogP contribution in [-0.4, -0.2) is 23.9 Å². The van der Waals surface area contributed by atoms with Crippen LogP contribution in [0.25, 0.3) is 0 Å². The first-order valence-electron chi connectivity index (χ1n) is 5.14. The smallest absolute Gasteiger partial charge is 0.219 e. The molecule has 14 heavy (non-hydrogen) atoms. The molecule has 1 amide bonds. The normalized spacial score (nSPS) is 19.1. The zero-order valence-corrected chi connectivity index (χ0v) is 9.21. The average molecular weight is 194 g/mol. The summed E-state index contributed by atoms with van der Waals surface area (Å²) in [4.78, 5) is 13.0. The Morgan fingerprint density at radius 3 is 2.29 bits per heavy atom. The molecule has 1 rings (SSSR count). The van der Waals surface area contributed by atoms with E-state index in [2.05, 4.69) is 6.07 Å². The Balaban J connectivity index is 2.52. The summed E-state index contributed by atoms with van der Waals surface area (Å²) in [6, 6.07) is 2.35. The molecule has 3 nitrogen and oxygen atoms in total. The van der Waals surface area contributed by atoms with Gasteiger partial charge in [0.15, 0.2) is 0 Å². The van der Waals surface area contributed by atoms with E-state index in [4.69, 9.17) is 5.26 Å². The van der Waals surface area contributed by atoms with E-state index in [0.29, 0.717) is 5.92 Å². The monoisotopic (exact) mass is 194 g/mol. The van der Waals surface area contributed by atoms with Gasteiger partial charge in [-0.2, -0.15) is 5.26 Å². The van der Waals surface area contributed by atoms with Crippen molar-refractivity contribution in [1.82, 2.24) is 4.90 Å². The number of likely N-dealkylation sites (tertiary alicyclic amines) is 1. The van der Waals surface area contributed by atoms with Gasteiger partial charge in [0.05, 0.1) is 11.5 Å². The van der Waals surface area contributed by atoms with Crippen molar-refractivity contribution in [3.63, 3.8) is 0 Å². The van der Waals surface area contributed by atoms with E-state index in [1.165, 1.54) is 0 Å². The maximum absolute atomic E-state index is 11.1. The van der Waals surface area contributed by atoms with Crippen LogP contribution in [0, 0.1) is 22.7 Å². The van der Waals surface area contributed by atoms with Crippen LogP contribution in [0.1, 0.15) is 33.6 Å². The van der Waals surface area contributed by atoms with Gasteiger partial charge in [0.1, 0.15) is 0 Å². The molecule has 1 heterocycles. The van der Waals surface area contributed by atoms with Gasteiger partial charge in [-0.15, -0.1) is 0 Å². The van der Waals surface area contributed by atoms with Crippen LogP contribution in [0.15, 0.2) is 0 Å². The van der Waals surface area contributed by atoms with Crippen molar-refractivity contribution >= 4 is 5.91 Å². The fraction of sp³-hybridized carbons (Fsp3) is 0.818. The minimum Gasteiger partial charge on any atom is -0.343 e. The Kier molecular flexibility index (Phi) is 3.15. The predicted octanol–water partition coefficient (Wildman–Crippen LogP) is 1.79. The lowest BCUT2D eigenvalue weighted by Gasteiger charge is -2.36. The van der Waals surface area contributed by atoms with Gasteiger partial charge in [-0.25, -0.2) is 0 Å². The fourth-order valence-electron chi connectivity index (χ4n) is 2.01. The predicted molar refractivity (Wildman–Crippen MR) is 54.4 cm³/mol. The Hall–Kier alpha value is -1.04. The van der Waals surface area contributed by atoms with Crippen LogP contribution in [-0.2, 0) is 4.79 Å². The van der Waals surface area contributed by atoms with Gasteiger partial charge in [-0.05, 0) is 32.6 Å². The minimum absolute atomic E-state index is 0.151. The maximum atomic E-state index is 11.1. The standard InChI is InChI=1S/C11H18N2O/c1-9(14)13-6-4-10(5-7-13)11(2,3)8-12/h10H,4-7H2,1-3H3. The second-order valence-corrected chi connectivity index (χ2v) is 4.61. The summed E-state index contributed by atoms with van der Waals surface area (Å²) in [7, 11) is 0. The van der Waals surface area contributed by atoms with E-state index in [1.807, 2.05) is 18.7 Å². The van der Waals surface area contributed by atoms with E-state index in [1.54, 1.807) is 6.92 Å². The van der Waals surface area contributed by atoms with Crippen molar-refractivity contribution in [2.75, 3.05) is 13.1 Å². The number of hydrogen-bond donors (Lipinski definition) is 0. The van der Waals surface area contributed by atoms with Crippen molar-refractivity contribution < 1.29 is 4.79 Å². The zero-order valence-electron chi connectivity index (χ0n) is 9.21. The largest absolute Gasteiger partial charge is 0.343 e. The highest BCUT2D eigenvalue weighted by Crippen LogP contribution is 2.34. The molecule has 78 valence electrons. The zero-order chi connectivity index (χ0) is 10.8. The van der Waals surface area contributed by atoms with Crippen molar-refractivity contribution in [3.05, 3.63) is 0 Å². The third-order valence-electron chi connectivity index (χ3n) is 3.25. The van der Waals surface area contributed by atoms with Gasteiger partial charge in [0.2, 0.25) is 5.91 Å². The van der Waals surface area contributed by atoms with Gasteiger partial charge in [-0.3, -0.25) is 4.79 Å². The molecule has 0 atom stereocenters. The van der Waals surface area contributed by atoms with E-state index in [-0.39, 0.29) is 11.3 Å². The van der Waals surface area contributed by atoms with Crippen LogP contribution in [0.4, 0.5) is 0 Å². The molecular formula is C11H18N2O. The number of carbonyl (C=O) groups is 1. The molecule has 0 saturated carbocycles. The topological polar surface area (TPSA) is 44.1 Å². The molecule has 1 fully saturated rings. The Labute approximate surface area is 85.7 Å². The number of nitrogens with zero attached hydrogens (tertiary/aromatic N) is 2. The molecule has 0 bridgehead atoms. The summed E-state index contributed by atoms with van der Waals surface area (Å²) < 4.78 is 0. The average Bonchev–Trinajstić information content (AvgIpc) is 2.18. The Bertz CT molecular complexity index is 257. The fourth-order valence-corrected chi connectivity index (χ4v) is 2.01. The van der Waals surface area contributed by atoms with E-state index >= 15 is 0 Å². The van der Waals surface area contributed by atoms with E-state index in [0.717, 1.165) is 25.9 Å². The molecule has 0 aromatic heterocycles. The first-order valence-corrected chi connectivity index (χ1v) is 5.14. The summed E-state index contributed by atoms with van der Waals surface area (Å²) >= 11 is 0. The molecule has 1 saturated heterocycles. The summed E-state index contributed by atoms with van der Waals surface area (Å²) in [6.07, 6.45) is 1.92. The quantitative estimate of drug-likeness (QED) is 0.638. The number of carbonyl (C=O) groups excluding carboxylic acids is 1. The molecule has 0 spiro atoms. The molecule has 0 aromatic rings. The van der Waals surface area contributed by atoms with Crippen molar-refractivity contribution in [3.8, 4) is 6.07 Å². The lowest BCUT2D eigenvalue weighted by atomic mass is 9.75. The first-order chi connectivity index (χ1) is 6.47. The van der Waals surface area contributed by atoms with Crippen molar-refractivity contribution in [1.29, 1.82) is 5.26 Å². The summed E-state index contributed by atoms with van der Waals surface area (Å²) in [5.74, 6) is 0.585. The lowest BCUT2D eigenvalue weighted by molar-refractivity contribution is -0.130. The molecule has 1 aliphatic rings. The van der Waals surface area contributed by atoms with Gasteiger partial charge in [-0.1, -0.05) is 0 Å². The number of amides is 1. The summed E-state index contributed by atoms with van der Waals surface area (Å²) in [5.41, 5.74) is -0.247. The highest BCUT2D eigenvalue weighted by atomic mass is 16.2. The first kappa shape index (κ1) is 11.0. The van der Waals surface area contributed by atoms with Crippen LogP contribution < -0.4 is 0 Å². The van der Waals surface area contributed by atoms with Gasteiger partial charge < -0.3 is 4.90 Å². The summed E-state index contributed by atoms with van der Waals surface area (Å²) in [6.45, 7) is 7.20. The molecular weight excluding hydrogens is 176 g/mol. The van der Waals surface area contributed by atoms with E-state index in [9.17, 15) is 4.79 Å². The molecule has 0 N–H and O–H groups in total. The molecule has 0 radical (unpaired) electrons. The van der Waals surface area contributed by atoms with Crippen molar-refractivity contribution in [2.45, 2.75) is 33.6 Å². The highest BCUT2D eigenvalue weighted by Gasteiger charge is 2.32.